The lowest BCUT2D eigenvalue weighted by Crippen LogP contribution is -2.53. The van der Waals surface area contributed by atoms with E-state index in [-0.39, 0.29) is 61.8 Å². The molecular weight excluding hydrogens is 938 g/mol. The van der Waals surface area contributed by atoms with Gasteiger partial charge in [0.15, 0.2) is 0 Å². The van der Waals surface area contributed by atoms with E-state index in [0.717, 1.165) is 33.7 Å². The fraction of sp³-hybridized carbons (Fsp3) is 0.157. The smallest absolute Gasteiger partial charge is 0.421 e. The fourth-order valence-corrected chi connectivity index (χ4v) is 9.93. The molecule has 1 aliphatic rings. The van der Waals surface area contributed by atoms with Gasteiger partial charge < -0.3 is 25.0 Å². The predicted octanol–water partition coefficient (Wildman–Crippen LogP) is 18.6. The van der Waals surface area contributed by atoms with E-state index >= 15 is 0 Å². The van der Waals surface area contributed by atoms with Gasteiger partial charge in [-0.1, -0.05) is 187 Å². The van der Waals surface area contributed by atoms with Crippen molar-refractivity contribution in [2.75, 3.05) is 20.3 Å². The van der Waals surface area contributed by atoms with Gasteiger partial charge in [-0.3, -0.25) is 0 Å². The normalized spacial score (nSPS) is 15.5. The number of pyridine rings is 1. The highest BCUT2D eigenvalue weighted by molar-refractivity contribution is 6.84. The zero-order valence-electron chi connectivity index (χ0n) is 57.8. The summed E-state index contributed by atoms with van der Waals surface area (Å²) in [4.78, 5) is 9.30. The lowest BCUT2D eigenvalue weighted by molar-refractivity contribution is 0.463. The predicted molar refractivity (Wildman–Crippen MR) is 327 cm³/mol. The van der Waals surface area contributed by atoms with E-state index in [1.54, 1.807) is 72.8 Å². The van der Waals surface area contributed by atoms with Crippen LogP contribution in [0.15, 0.2) is 224 Å². The summed E-state index contributed by atoms with van der Waals surface area (Å²) >= 11 is 0. The minimum atomic E-state index is -2.72. The van der Waals surface area contributed by atoms with E-state index in [1.807, 2.05) is 102 Å². The van der Waals surface area contributed by atoms with Crippen LogP contribution in [0.4, 0.5) is 45.6 Å². The second-order valence-electron chi connectivity index (χ2n) is 21.3. The van der Waals surface area contributed by atoms with Gasteiger partial charge in [-0.15, -0.1) is 0 Å². The van der Waals surface area contributed by atoms with Gasteiger partial charge in [-0.05, 0) is 154 Å². The number of nitrogens with zero attached hydrogens (tertiary/aromatic N) is 3. The van der Waals surface area contributed by atoms with Crippen molar-refractivity contribution in [1.82, 2.24) is 4.98 Å². The quantitative estimate of drug-likeness (QED) is 0.119. The van der Waals surface area contributed by atoms with Crippen molar-refractivity contribution < 1.29 is 23.9 Å². The molecule has 11 rings (SSSR count). The largest absolute Gasteiger partial charge is 0.439 e. The molecule has 0 fully saturated rings. The lowest BCUT2D eigenvalue weighted by Gasteiger charge is -2.29. The van der Waals surface area contributed by atoms with Crippen LogP contribution in [0, 0.1) is 20.6 Å². The van der Waals surface area contributed by atoms with Crippen molar-refractivity contribution in [2.45, 2.75) is 72.9 Å². The SMILES string of the molecule is [2H]c1c([2H])c([2H])c(-c2cc(C([2H])([2H])[2H])cc(-c3cc(C(C)(C)C)cc(C(C)(C)C)c3)c2Nc2ccccc2Nc2cc(Oc3cc(C([2H])([2H])[2H])cc(N4B(c5ccccc5)N(c5ccccc5)c5ccccc54)n3)cc(-c3ccccc3C([2H])([2H])[2H])c2)c([2H])c1[2H]. The lowest BCUT2D eigenvalue weighted by atomic mass is 9.65. The number of hydrogen-bond acceptors (Lipinski definition) is 6. The molecule has 0 spiro atoms. The van der Waals surface area contributed by atoms with Crippen LogP contribution >= 0.6 is 0 Å². The number of rotatable bonds is 12. The first kappa shape index (κ1) is 36.2. The van der Waals surface area contributed by atoms with Crippen molar-refractivity contribution in [2.24, 2.45) is 0 Å². The van der Waals surface area contributed by atoms with E-state index in [0.29, 0.717) is 39.3 Å². The van der Waals surface area contributed by atoms with Gasteiger partial charge in [0.1, 0.15) is 11.6 Å². The molecule has 0 saturated heterocycles. The Labute approximate surface area is 475 Å². The van der Waals surface area contributed by atoms with Crippen molar-refractivity contribution in [3.05, 3.63) is 252 Å². The Bertz CT molecular complexity index is 4350. The van der Waals surface area contributed by atoms with E-state index in [4.69, 9.17) is 26.2 Å². The van der Waals surface area contributed by atoms with Crippen molar-refractivity contribution in [1.29, 1.82) is 0 Å². The third-order valence-corrected chi connectivity index (χ3v) is 13.8. The Morgan fingerprint density at radius 1 is 0.506 bits per heavy atom. The topological polar surface area (TPSA) is 52.7 Å². The minimum absolute atomic E-state index is 0.0410. The van der Waals surface area contributed by atoms with Crippen LogP contribution in [0.3, 0.4) is 0 Å². The number of aromatic nitrogens is 1. The summed E-state index contributed by atoms with van der Waals surface area (Å²) in [5, 5.41) is 7.13. The molecule has 6 nitrogen and oxygen atoms in total. The van der Waals surface area contributed by atoms with Gasteiger partial charge in [0, 0.05) is 47.0 Å². The van der Waals surface area contributed by atoms with Crippen molar-refractivity contribution in [3.63, 3.8) is 0 Å². The Morgan fingerprint density at radius 2 is 1.09 bits per heavy atom. The molecule has 1 aliphatic heterocycles. The van der Waals surface area contributed by atoms with Crippen molar-refractivity contribution >= 4 is 58.1 Å². The van der Waals surface area contributed by atoms with Gasteiger partial charge in [-0.25, -0.2) is 0 Å². The Morgan fingerprint density at radius 3 is 1.77 bits per heavy atom. The van der Waals surface area contributed by atoms with Gasteiger partial charge in [0.05, 0.1) is 35.3 Å². The molecule has 2 N–H and O–H groups in total. The molecule has 0 aliphatic carbocycles. The number of fused-ring (bicyclic) bond motifs is 1. The number of benzene rings is 9. The first-order chi connectivity index (χ1) is 42.8. The molecule has 0 bridgehead atoms. The second-order valence-corrected chi connectivity index (χ2v) is 21.3. The first-order valence-electron chi connectivity index (χ1n) is 32.6. The highest BCUT2D eigenvalue weighted by atomic mass is 16.5. The average molecular weight is 1020 g/mol. The Kier molecular flexibility index (Phi) is 9.75. The number of nitrogens with one attached hydrogen (secondary N) is 2. The van der Waals surface area contributed by atoms with E-state index in [1.165, 1.54) is 18.2 Å². The first-order valence-corrected chi connectivity index (χ1v) is 25.6. The summed E-state index contributed by atoms with van der Waals surface area (Å²) in [5.74, 6) is 0.358. The molecule has 7 heteroatoms. The number of anilines is 8. The third-order valence-electron chi connectivity index (χ3n) is 13.8. The number of aryl methyl sites for hydroxylation is 3. The number of para-hydroxylation sites is 5. The third kappa shape index (κ3) is 10.6. The number of hydrogen-bond donors (Lipinski definition) is 2. The molecule has 0 unspecified atom stereocenters. The van der Waals surface area contributed by atoms with Gasteiger partial charge in [-0.2, -0.15) is 4.98 Å². The van der Waals surface area contributed by atoms with Crippen LogP contribution in [-0.4, -0.2) is 12.0 Å². The van der Waals surface area contributed by atoms with Crippen LogP contribution in [0.25, 0.3) is 33.4 Å². The van der Waals surface area contributed by atoms with E-state index in [9.17, 15) is 2.74 Å². The highest BCUT2D eigenvalue weighted by Gasteiger charge is 2.44. The van der Waals surface area contributed by atoms with E-state index < -0.39 is 57.8 Å². The molecule has 9 aromatic carbocycles. The Balaban J connectivity index is 1.09. The molecule has 2 heterocycles. The molecule has 0 radical (unpaired) electrons. The maximum absolute atomic E-state index is 9.29. The van der Waals surface area contributed by atoms with Crippen LogP contribution in [0.2, 0.25) is 0 Å². The maximum atomic E-state index is 9.29. The summed E-state index contributed by atoms with van der Waals surface area (Å²) in [5.41, 5.74) is 7.49. The van der Waals surface area contributed by atoms with Crippen LogP contribution in [0.5, 0.6) is 11.6 Å². The van der Waals surface area contributed by atoms with Gasteiger partial charge in [0.2, 0.25) is 5.88 Å². The molecule has 0 amide bonds. The van der Waals surface area contributed by atoms with E-state index in [2.05, 4.69) is 63.1 Å². The zero-order valence-corrected chi connectivity index (χ0v) is 43.8. The van der Waals surface area contributed by atoms with Gasteiger partial charge >= 0.3 is 6.98 Å². The Hall–Kier alpha value is -8.81. The summed E-state index contributed by atoms with van der Waals surface area (Å²) in [6.45, 7) is 4.05. The molecule has 0 atom stereocenters. The van der Waals surface area contributed by atoms with Gasteiger partial charge in [0.25, 0.3) is 0 Å². The average Bonchev–Trinajstić information content (AvgIpc) is 1.69. The summed E-state index contributed by atoms with van der Waals surface area (Å²) in [6.07, 6.45) is 0. The van der Waals surface area contributed by atoms with Crippen LogP contribution in [-0.2, 0) is 10.8 Å². The van der Waals surface area contributed by atoms with Crippen molar-refractivity contribution in [3.8, 4) is 45.0 Å². The highest BCUT2D eigenvalue weighted by Crippen LogP contribution is 2.48. The molecule has 1 aromatic heterocycles. The molecule has 77 heavy (non-hydrogen) atoms. The second kappa shape index (κ2) is 20.7. The van der Waals surface area contributed by atoms with Crippen LogP contribution in [0.1, 0.15) is 88.6 Å². The molecular formula is C70H66BN5O. The maximum Gasteiger partial charge on any atom is 0.421 e. The summed E-state index contributed by atoms with van der Waals surface area (Å²) < 4.78 is 130. The zero-order chi connectivity index (χ0) is 65.3. The fourth-order valence-electron chi connectivity index (χ4n) is 9.93. The minimum Gasteiger partial charge on any atom is -0.439 e. The number of ether oxygens (including phenoxy) is 1. The standard InChI is InChI=1S/C70H66BN5O/c1-47-37-60(50-26-13-10-14-27-50)68(61(38-47)51-41-53(69(4,5)6)45-54(42-51)70(7,8)9)73-63-34-22-21-33-62(63)72-56-43-52(59-32-20-19-25-49(59)3)44-58(46-56)77-67-40-48(2)39-66(74-67)76-65-36-24-23-35-64(65)75(57-30-17-12-18-31-57)71(76)55-28-15-11-16-29-55/h10-46,72-73H,1-9H3/i1D3,2D3,3D3,10D,13D,14D,26D,27D. The molecule has 0 saturated carbocycles. The summed E-state index contributed by atoms with van der Waals surface area (Å²) in [6, 6.07) is 55.6. The van der Waals surface area contributed by atoms with Crippen LogP contribution < -0.4 is 30.5 Å². The molecule has 380 valence electrons. The summed E-state index contributed by atoms with van der Waals surface area (Å²) in [7, 11) is 0. The monoisotopic (exact) mass is 1020 g/mol. The molecule has 10 aromatic rings.